The number of aromatic amines is 1. The van der Waals surface area contributed by atoms with Crippen molar-refractivity contribution in [2.75, 3.05) is 27.3 Å². The van der Waals surface area contributed by atoms with E-state index in [1.54, 1.807) is 20.4 Å². The van der Waals surface area contributed by atoms with Crippen LogP contribution in [0.25, 0.3) is 0 Å². The van der Waals surface area contributed by atoms with Crippen LogP contribution in [0.4, 0.5) is 0 Å². The molecule has 7 nitrogen and oxygen atoms in total. The summed E-state index contributed by atoms with van der Waals surface area (Å²) in [7, 11) is -0.339. The van der Waals surface area contributed by atoms with Crippen LogP contribution < -0.4 is 5.32 Å². The molecule has 2 N–H and O–H groups in total. The first-order valence-corrected chi connectivity index (χ1v) is 8.20. The van der Waals surface area contributed by atoms with Crippen molar-refractivity contribution in [1.29, 1.82) is 0 Å². The average molecular weight is 302 g/mol. The number of rotatable bonds is 9. The lowest BCUT2D eigenvalue weighted by molar-refractivity contribution is 0.189. The van der Waals surface area contributed by atoms with E-state index in [1.807, 2.05) is 0 Å². The molecule has 0 radical (unpaired) electrons. The van der Waals surface area contributed by atoms with Crippen molar-refractivity contribution in [1.82, 2.24) is 19.8 Å². The van der Waals surface area contributed by atoms with Gasteiger partial charge in [-0.25, -0.2) is 8.42 Å². The first kappa shape index (κ1) is 15.4. The minimum atomic E-state index is -3.51. The van der Waals surface area contributed by atoms with Crippen molar-refractivity contribution in [3.8, 4) is 0 Å². The quantitative estimate of drug-likeness (QED) is 0.641. The van der Waals surface area contributed by atoms with Gasteiger partial charge < -0.3 is 10.1 Å². The van der Waals surface area contributed by atoms with Gasteiger partial charge in [-0.3, -0.25) is 5.10 Å². The van der Waals surface area contributed by atoms with Gasteiger partial charge in [0.2, 0.25) is 0 Å². The van der Waals surface area contributed by atoms with Gasteiger partial charge >= 0.3 is 0 Å². The Morgan fingerprint density at radius 2 is 2.30 bits per heavy atom. The molecule has 1 heterocycles. The number of nitrogens with zero attached hydrogens (tertiary/aromatic N) is 2. The maximum absolute atomic E-state index is 12.5. The van der Waals surface area contributed by atoms with E-state index in [0.29, 0.717) is 37.7 Å². The van der Waals surface area contributed by atoms with Gasteiger partial charge in [0, 0.05) is 45.5 Å². The molecule has 0 spiro atoms. The van der Waals surface area contributed by atoms with Crippen molar-refractivity contribution in [2.24, 2.45) is 0 Å². The van der Waals surface area contributed by atoms with Gasteiger partial charge in [0.05, 0.1) is 6.20 Å². The average Bonchev–Trinajstić information content (AvgIpc) is 3.12. The molecule has 1 aliphatic rings. The number of methoxy groups -OCH3 is 1. The third kappa shape index (κ3) is 3.78. The fraction of sp³-hybridized carbons (Fsp3) is 0.750. The third-order valence-electron chi connectivity index (χ3n) is 3.33. The Morgan fingerprint density at radius 1 is 1.55 bits per heavy atom. The number of hydrogen-bond donors (Lipinski definition) is 2. The molecule has 1 fully saturated rings. The Bertz CT molecular complexity index is 525. The molecule has 2 rings (SSSR count). The molecule has 1 saturated carbocycles. The normalized spacial score (nSPS) is 15.9. The molecule has 0 bridgehead atoms. The molecule has 0 aromatic carbocycles. The highest BCUT2D eigenvalue weighted by molar-refractivity contribution is 7.89. The molecule has 20 heavy (non-hydrogen) atoms. The minimum absolute atomic E-state index is 0.186. The monoisotopic (exact) mass is 302 g/mol. The molecule has 0 saturated heterocycles. The highest BCUT2D eigenvalue weighted by atomic mass is 32.2. The van der Waals surface area contributed by atoms with Crippen LogP contribution in [-0.4, -0.2) is 56.3 Å². The molecule has 0 amide bonds. The Morgan fingerprint density at radius 3 is 2.95 bits per heavy atom. The van der Waals surface area contributed by atoms with Gasteiger partial charge in [-0.2, -0.15) is 9.40 Å². The molecule has 0 unspecified atom stereocenters. The predicted octanol–water partition coefficient (Wildman–Crippen LogP) is 0.319. The summed E-state index contributed by atoms with van der Waals surface area (Å²) in [5, 5.41) is 9.97. The molecule has 1 aromatic heterocycles. The van der Waals surface area contributed by atoms with E-state index in [1.165, 1.54) is 4.31 Å². The van der Waals surface area contributed by atoms with E-state index < -0.39 is 10.0 Å². The molecule has 0 aliphatic heterocycles. The summed E-state index contributed by atoms with van der Waals surface area (Å²) >= 11 is 0. The van der Waals surface area contributed by atoms with E-state index in [9.17, 15) is 8.42 Å². The first-order chi connectivity index (χ1) is 9.55. The largest absolute Gasteiger partial charge is 0.385 e. The lowest BCUT2D eigenvalue weighted by Crippen LogP contribution is -2.30. The zero-order valence-corrected chi connectivity index (χ0v) is 12.7. The summed E-state index contributed by atoms with van der Waals surface area (Å²) in [5.74, 6) is 0. The number of hydrogen-bond acceptors (Lipinski definition) is 5. The van der Waals surface area contributed by atoms with Gasteiger partial charge in [0.1, 0.15) is 0 Å². The van der Waals surface area contributed by atoms with Crippen LogP contribution in [0.5, 0.6) is 0 Å². The van der Waals surface area contributed by atoms with Crippen molar-refractivity contribution in [2.45, 2.75) is 36.9 Å². The zero-order chi connectivity index (χ0) is 14.6. The van der Waals surface area contributed by atoms with Gasteiger partial charge in [0.25, 0.3) is 10.0 Å². The maximum Gasteiger partial charge on any atom is 0.260 e. The lowest BCUT2D eigenvalue weighted by Gasteiger charge is -2.16. The fourth-order valence-corrected chi connectivity index (χ4v) is 3.20. The van der Waals surface area contributed by atoms with Crippen LogP contribution in [0.3, 0.4) is 0 Å². The summed E-state index contributed by atoms with van der Waals surface area (Å²) in [6.07, 6.45) is 4.56. The van der Waals surface area contributed by atoms with E-state index in [-0.39, 0.29) is 5.03 Å². The van der Waals surface area contributed by atoms with E-state index in [4.69, 9.17) is 4.74 Å². The van der Waals surface area contributed by atoms with Gasteiger partial charge in [-0.15, -0.1) is 0 Å². The van der Waals surface area contributed by atoms with Gasteiger partial charge in [-0.1, -0.05) is 0 Å². The predicted molar refractivity (Wildman–Crippen MR) is 74.8 cm³/mol. The number of sulfonamides is 1. The lowest BCUT2D eigenvalue weighted by atomic mass is 10.3. The Balaban J connectivity index is 2.01. The minimum Gasteiger partial charge on any atom is -0.385 e. The highest BCUT2D eigenvalue weighted by Crippen LogP contribution is 2.21. The van der Waals surface area contributed by atoms with E-state index in [2.05, 4.69) is 15.5 Å². The second-order valence-corrected chi connectivity index (χ2v) is 7.03. The summed E-state index contributed by atoms with van der Waals surface area (Å²) < 4.78 is 31.2. The number of H-pyrrole nitrogens is 1. The Kier molecular flexibility index (Phi) is 5.14. The standard InChI is InChI=1S/C12H22N4O3S/c1-16(6-3-7-19-2)20(17,18)12-10(9-14-15-12)8-13-11-4-5-11/h9,11,13H,3-8H2,1-2H3,(H,14,15). The van der Waals surface area contributed by atoms with Crippen molar-refractivity contribution < 1.29 is 13.2 Å². The summed E-state index contributed by atoms with van der Waals surface area (Å²) in [6, 6.07) is 0.528. The van der Waals surface area contributed by atoms with E-state index in [0.717, 1.165) is 12.8 Å². The van der Waals surface area contributed by atoms with Crippen molar-refractivity contribution in [3.63, 3.8) is 0 Å². The second-order valence-electron chi connectivity index (χ2n) is 5.05. The summed E-state index contributed by atoms with van der Waals surface area (Å²) in [4.78, 5) is 0. The molecule has 1 aliphatic carbocycles. The molecule has 8 heteroatoms. The summed E-state index contributed by atoms with van der Waals surface area (Å²) in [5.41, 5.74) is 0.690. The third-order valence-corrected chi connectivity index (χ3v) is 5.20. The first-order valence-electron chi connectivity index (χ1n) is 6.76. The van der Waals surface area contributed by atoms with E-state index >= 15 is 0 Å². The topological polar surface area (TPSA) is 87.3 Å². The molecule has 0 atom stereocenters. The smallest absolute Gasteiger partial charge is 0.260 e. The number of nitrogens with one attached hydrogen (secondary N) is 2. The molecule has 1 aromatic rings. The van der Waals surface area contributed by atoms with Crippen LogP contribution in [0.15, 0.2) is 11.2 Å². The Labute approximate surface area is 119 Å². The van der Waals surface area contributed by atoms with Crippen LogP contribution >= 0.6 is 0 Å². The summed E-state index contributed by atoms with van der Waals surface area (Å²) in [6.45, 7) is 1.49. The Hall–Kier alpha value is -0.960. The molecule has 114 valence electrons. The van der Waals surface area contributed by atoms with Crippen LogP contribution in [0.2, 0.25) is 0 Å². The van der Waals surface area contributed by atoms with Gasteiger partial charge in [0.15, 0.2) is 5.03 Å². The highest BCUT2D eigenvalue weighted by Gasteiger charge is 2.27. The maximum atomic E-state index is 12.5. The second kappa shape index (κ2) is 6.66. The molecular weight excluding hydrogens is 280 g/mol. The number of aromatic nitrogens is 2. The van der Waals surface area contributed by atoms with Gasteiger partial charge in [-0.05, 0) is 19.3 Å². The zero-order valence-electron chi connectivity index (χ0n) is 11.9. The van der Waals surface area contributed by atoms with Crippen molar-refractivity contribution >= 4 is 10.0 Å². The fourth-order valence-electron chi connectivity index (χ4n) is 1.90. The van der Waals surface area contributed by atoms with Crippen LogP contribution in [0, 0.1) is 0 Å². The van der Waals surface area contributed by atoms with Crippen molar-refractivity contribution in [3.05, 3.63) is 11.8 Å². The SMILES string of the molecule is COCCCN(C)S(=O)(=O)c1[nH]ncc1CNC1CC1. The van der Waals surface area contributed by atoms with Crippen LogP contribution in [-0.2, 0) is 21.3 Å². The number of ether oxygens (including phenoxy) is 1. The molecular formula is C12H22N4O3S. The van der Waals surface area contributed by atoms with Crippen LogP contribution in [0.1, 0.15) is 24.8 Å².